The molecule has 158 valence electrons. The van der Waals surface area contributed by atoms with Gasteiger partial charge in [0.1, 0.15) is 11.5 Å². The van der Waals surface area contributed by atoms with E-state index < -0.39 is 4.92 Å². The number of ether oxygens (including phenoxy) is 2. The maximum absolute atomic E-state index is 10.8. The molecule has 0 saturated heterocycles. The van der Waals surface area contributed by atoms with Crippen molar-refractivity contribution in [2.24, 2.45) is 10.2 Å². The molecule has 4 bridgehead atoms. The number of azo groups is 1. The smallest absolute Gasteiger partial charge is 0.269 e. The number of nitro benzene ring substituents is 1. The van der Waals surface area contributed by atoms with Gasteiger partial charge in [0.25, 0.3) is 5.69 Å². The summed E-state index contributed by atoms with van der Waals surface area (Å²) in [5.74, 6) is 1.88. The van der Waals surface area contributed by atoms with Gasteiger partial charge in [0.2, 0.25) is 0 Å². The van der Waals surface area contributed by atoms with Gasteiger partial charge in [-0.2, -0.15) is 10.2 Å². The summed E-state index contributed by atoms with van der Waals surface area (Å²) in [7, 11) is 3.43. The lowest BCUT2D eigenvalue weighted by Crippen LogP contribution is -2.06. The number of nitro groups is 1. The highest BCUT2D eigenvalue weighted by atomic mass is 16.6. The van der Waals surface area contributed by atoms with Gasteiger partial charge < -0.3 is 9.47 Å². The highest BCUT2D eigenvalue weighted by Gasteiger charge is 2.17. The Morgan fingerprint density at radius 3 is 1.74 bits per heavy atom. The predicted molar refractivity (Wildman–Crippen MR) is 118 cm³/mol. The summed E-state index contributed by atoms with van der Waals surface area (Å²) in [5.41, 5.74) is 5.85. The van der Waals surface area contributed by atoms with E-state index in [1.54, 1.807) is 26.4 Å². The number of hydrogen-bond donors (Lipinski definition) is 0. The maximum atomic E-state index is 10.8. The lowest BCUT2D eigenvalue weighted by Gasteiger charge is -2.19. The van der Waals surface area contributed by atoms with Crippen LogP contribution in [0.25, 0.3) is 0 Å². The normalized spacial score (nSPS) is 13.1. The fraction of sp³-hybridized carbons (Fsp3) is 0.250. The lowest BCUT2D eigenvalue weighted by molar-refractivity contribution is -0.384. The van der Waals surface area contributed by atoms with E-state index in [9.17, 15) is 10.1 Å². The van der Waals surface area contributed by atoms with Crippen LogP contribution in [0.1, 0.15) is 22.3 Å². The van der Waals surface area contributed by atoms with E-state index in [2.05, 4.69) is 28.4 Å². The van der Waals surface area contributed by atoms with Crippen molar-refractivity contribution >= 4 is 17.1 Å². The highest BCUT2D eigenvalue weighted by Crippen LogP contribution is 2.36. The molecule has 0 aliphatic heterocycles. The molecule has 0 spiro atoms. The van der Waals surface area contributed by atoms with Crippen LogP contribution >= 0.6 is 0 Å². The Hall–Kier alpha value is -3.74. The van der Waals surface area contributed by atoms with E-state index in [-0.39, 0.29) is 5.69 Å². The van der Waals surface area contributed by atoms with Gasteiger partial charge in [0, 0.05) is 12.1 Å². The second kappa shape index (κ2) is 8.95. The zero-order valence-corrected chi connectivity index (χ0v) is 17.5. The summed E-state index contributed by atoms with van der Waals surface area (Å²) in [6.07, 6.45) is 3.24. The van der Waals surface area contributed by atoms with Crippen LogP contribution in [0.2, 0.25) is 0 Å². The van der Waals surface area contributed by atoms with Crippen molar-refractivity contribution in [2.45, 2.75) is 25.7 Å². The topological polar surface area (TPSA) is 86.3 Å². The van der Waals surface area contributed by atoms with Crippen LogP contribution in [-0.4, -0.2) is 19.1 Å². The maximum Gasteiger partial charge on any atom is 0.269 e. The molecule has 3 aromatic carbocycles. The number of non-ortho nitro benzene ring substituents is 1. The summed E-state index contributed by atoms with van der Waals surface area (Å²) in [5, 5.41) is 19.5. The van der Waals surface area contributed by atoms with Crippen molar-refractivity contribution in [3.8, 4) is 11.5 Å². The van der Waals surface area contributed by atoms with Crippen molar-refractivity contribution in [2.75, 3.05) is 14.2 Å². The number of para-hydroxylation sites is 1. The number of benzene rings is 3. The van der Waals surface area contributed by atoms with Crippen LogP contribution < -0.4 is 9.47 Å². The number of aryl methyl sites for hydroxylation is 4. The van der Waals surface area contributed by atoms with Crippen LogP contribution in [0.3, 0.4) is 0 Å². The average molecular weight is 417 g/mol. The third-order valence-electron chi connectivity index (χ3n) is 5.48. The largest absolute Gasteiger partial charge is 0.496 e. The molecule has 7 nitrogen and oxygen atoms in total. The fourth-order valence-electron chi connectivity index (χ4n) is 4.02. The molecule has 0 radical (unpaired) electrons. The molecule has 1 aliphatic rings. The van der Waals surface area contributed by atoms with Crippen LogP contribution in [0, 0.1) is 10.1 Å². The Morgan fingerprint density at radius 2 is 1.23 bits per heavy atom. The van der Waals surface area contributed by atoms with Crippen molar-refractivity contribution in [1.29, 1.82) is 0 Å². The third-order valence-corrected chi connectivity index (χ3v) is 5.48. The van der Waals surface area contributed by atoms with Crippen LogP contribution in [-0.2, 0) is 25.7 Å². The Labute approximate surface area is 180 Å². The van der Waals surface area contributed by atoms with Crippen LogP contribution in [0.4, 0.5) is 17.1 Å². The van der Waals surface area contributed by atoms with Gasteiger partial charge >= 0.3 is 0 Å². The summed E-state index contributed by atoms with van der Waals surface area (Å²) in [4.78, 5) is 10.4. The van der Waals surface area contributed by atoms with Gasteiger partial charge in [-0.05, 0) is 72.2 Å². The van der Waals surface area contributed by atoms with Crippen molar-refractivity contribution < 1.29 is 14.4 Å². The van der Waals surface area contributed by atoms with Gasteiger partial charge in [-0.25, -0.2) is 0 Å². The molecule has 0 unspecified atom stereocenters. The summed E-state index contributed by atoms with van der Waals surface area (Å²) >= 11 is 0. The summed E-state index contributed by atoms with van der Waals surface area (Å²) in [6.45, 7) is 0. The van der Waals surface area contributed by atoms with E-state index in [1.807, 2.05) is 12.1 Å². The first kappa shape index (κ1) is 20.5. The van der Waals surface area contributed by atoms with Crippen LogP contribution in [0.5, 0.6) is 11.5 Å². The fourth-order valence-corrected chi connectivity index (χ4v) is 4.02. The Bertz CT molecular complexity index is 1090. The van der Waals surface area contributed by atoms with Crippen LogP contribution in [0.15, 0.2) is 64.8 Å². The molecule has 0 heterocycles. The molecule has 1 aliphatic carbocycles. The Balaban J connectivity index is 1.67. The van der Waals surface area contributed by atoms with Gasteiger partial charge in [-0.15, -0.1) is 0 Å². The molecule has 3 aromatic rings. The lowest BCUT2D eigenvalue weighted by atomic mass is 9.92. The number of rotatable bonds is 5. The first-order valence-corrected chi connectivity index (χ1v) is 10.1. The number of fused-ring (bicyclic) bond motifs is 4. The second-order valence-electron chi connectivity index (χ2n) is 7.38. The molecule has 0 atom stereocenters. The van der Waals surface area contributed by atoms with Crippen molar-refractivity contribution in [3.05, 3.63) is 87.0 Å². The Morgan fingerprint density at radius 1 is 0.742 bits per heavy atom. The SMILES string of the molecule is COc1c2cccc1CCc1cc(N=Nc3ccc([N+](=O)[O-])cc3)cc(c1OC)CC2. The third kappa shape index (κ3) is 4.40. The molecule has 0 amide bonds. The summed E-state index contributed by atoms with van der Waals surface area (Å²) in [6, 6.07) is 16.3. The first-order chi connectivity index (χ1) is 15.1. The molecule has 0 fully saturated rings. The standard InChI is InChI=1S/C24H23N3O4/c1-30-23-16-4-3-5-17(23)7-9-19-15-21(14-18(8-6-16)24(19)31-2)26-25-20-10-12-22(13-11-20)27(28)29/h3-5,10-15H,6-9H2,1-2H3. The quantitative estimate of drug-likeness (QED) is 0.293. The minimum atomic E-state index is -0.433. The van der Waals surface area contributed by atoms with Gasteiger partial charge in [-0.1, -0.05) is 18.2 Å². The van der Waals surface area contributed by atoms with E-state index in [4.69, 9.17) is 9.47 Å². The average Bonchev–Trinajstić information content (AvgIpc) is 2.79. The molecule has 7 heteroatoms. The molecule has 0 saturated carbocycles. The molecule has 4 rings (SSSR count). The zero-order chi connectivity index (χ0) is 21.8. The minimum absolute atomic E-state index is 0.0288. The van der Waals surface area contributed by atoms with E-state index in [0.29, 0.717) is 5.69 Å². The number of methoxy groups -OCH3 is 2. The predicted octanol–water partition coefficient (Wildman–Crippen LogP) is 5.91. The van der Waals surface area contributed by atoms with Gasteiger partial charge in [-0.3, -0.25) is 10.1 Å². The highest BCUT2D eigenvalue weighted by molar-refractivity contribution is 5.55. The molecular weight excluding hydrogens is 394 g/mol. The van der Waals surface area contributed by atoms with E-state index >= 15 is 0 Å². The monoisotopic (exact) mass is 417 g/mol. The van der Waals surface area contributed by atoms with Gasteiger partial charge in [0.15, 0.2) is 0 Å². The number of hydrogen-bond acceptors (Lipinski definition) is 6. The second-order valence-corrected chi connectivity index (χ2v) is 7.38. The Kier molecular flexibility index (Phi) is 5.93. The van der Waals surface area contributed by atoms with E-state index in [0.717, 1.165) is 54.0 Å². The zero-order valence-electron chi connectivity index (χ0n) is 17.5. The van der Waals surface area contributed by atoms with Crippen molar-refractivity contribution in [3.63, 3.8) is 0 Å². The minimum Gasteiger partial charge on any atom is -0.496 e. The number of nitrogens with zero attached hydrogens (tertiary/aromatic N) is 3. The van der Waals surface area contributed by atoms with Gasteiger partial charge in [0.05, 0.1) is 30.5 Å². The first-order valence-electron chi connectivity index (χ1n) is 10.1. The molecule has 31 heavy (non-hydrogen) atoms. The molecular formula is C24H23N3O4. The summed E-state index contributed by atoms with van der Waals surface area (Å²) < 4.78 is 11.5. The molecule has 0 N–H and O–H groups in total. The van der Waals surface area contributed by atoms with E-state index in [1.165, 1.54) is 23.3 Å². The molecule has 0 aromatic heterocycles. The van der Waals surface area contributed by atoms with Crippen molar-refractivity contribution in [1.82, 2.24) is 0 Å².